The molecule has 2 heterocycles. The topological polar surface area (TPSA) is 49.3 Å². The first-order chi connectivity index (χ1) is 14.1. The zero-order chi connectivity index (χ0) is 20.6. The molecule has 1 N–H and O–H groups in total. The van der Waals surface area contributed by atoms with Gasteiger partial charge in [0.2, 0.25) is 0 Å². The second-order valence-corrected chi connectivity index (χ2v) is 8.35. The van der Waals surface area contributed by atoms with E-state index in [4.69, 9.17) is 9.47 Å². The Morgan fingerprint density at radius 1 is 1.07 bits per heavy atom. The molecular formula is C23H38N4O2. The highest BCUT2D eigenvalue weighted by Crippen LogP contribution is 2.33. The quantitative estimate of drug-likeness (QED) is 0.431. The van der Waals surface area contributed by atoms with Gasteiger partial charge in [-0.25, -0.2) is 0 Å². The maximum atomic E-state index is 5.48. The van der Waals surface area contributed by atoms with Gasteiger partial charge in [0.05, 0.1) is 14.2 Å². The van der Waals surface area contributed by atoms with Crippen LogP contribution in [0.15, 0.2) is 17.1 Å². The molecule has 3 rings (SSSR count). The van der Waals surface area contributed by atoms with Crippen LogP contribution >= 0.6 is 0 Å². The minimum atomic E-state index is 0.795. The van der Waals surface area contributed by atoms with Gasteiger partial charge in [0.1, 0.15) is 0 Å². The van der Waals surface area contributed by atoms with Gasteiger partial charge in [-0.15, -0.1) is 0 Å². The number of rotatable bonds is 7. The van der Waals surface area contributed by atoms with Crippen molar-refractivity contribution < 1.29 is 9.47 Å². The number of guanidine groups is 1. The summed E-state index contributed by atoms with van der Waals surface area (Å²) in [5, 5.41) is 3.57. The molecule has 0 spiro atoms. The predicted molar refractivity (Wildman–Crippen MR) is 119 cm³/mol. The van der Waals surface area contributed by atoms with E-state index in [-0.39, 0.29) is 0 Å². The molecule has 0 bridgehead atoms. The molecule has 6 heteroatoms. The van der Waals surface area contributed by atoms with Crippen LogP contribution in [0.4, 0.5) is 0 Å². The van der Waals surface area contributed by atoms with E-state index in [1.807, 2.05) is 7.05 Å². The van der Waals surface area contributed by atoms with Crippen LogP contribution in [0.5, 0.6) is 11.5 Å². The summed E-state index contributed by atoms with van der Waals surface area (Å²) in [4.78, 5) is 9.48. The van der Waals surface area contributed by atoms with E-state index in [2.05, 4.69) is 39.2 Å². The van der Waals surface area contributed by atoms with Crippen molar-refractivity contribution in [3.05, 3.63) is 23.3 Å². The van der Waals surface area contributed by atoms with E-state index < -0.39 is 0 Å². The number of methoxy groups -OCH3 is 2. The van der Waals surface area contributed by atoms with Crippen molar-refractivity contribution >= 4 is 5.96 Å². The maximum Gasteiger partial charge on any atom is 0.193 e. The summed E-state index contributed by atoms with van der Waals surface area (Å²) in [6, 6.07) is 4.22. The maximum absolute atomic E-state index is 5.48. The van der Waals surface area contributed by atoms with Gasteiger partial charge in [0.15, 0.2) is 17.5 Å². The monoisotopic (exact) mass is 402 g/mol. The molecule has 162 valence electrons. The summed E-state index contributed by atoms with van der Waals surface area (Å²) in [5.74, 6) is 3.51. The summed E-state index contributed by atoms with van der Waals surface area (Å²) >= 11 is 0. The zero-order valence-corrected chi connectivity index (χ0v) is 18.7. The molecule has 2 aliphatic heterocycles. The van der Waals surface area contributed by atoms with Crippen molar-refractivity contribution in [3.8, 4) is 11.5 Å². The highest BCUT2D eigenvalue weighted by Gasteiger charge is 2.21. The third kappa shape index (κ3) is 5.78. The number of unbranched alkanes of at least 4 members (excludes halogenated alkanes) is 1. The van der Waals surface area contributed by atoms with E-state index in [0.29, 0.717) is 0 Å². The standard InChI is InChI=1S/C23H38N4O2/c1-18-7-12-26(13-8-18)11-6-5-10-25-23(24-2)27-14-9-19-15-21(28-3)22(29-4)16-20(19)17-27/h15-16,18H,5-14,17H2,1-4H3,(H,24,25). The summed E-state index contributed by atoms with van der Waals surface area (Å²) in [6.07, 6.45) is 6.14. The highest BCUT2D eigenvalue weighted by molar-refractivity contribution is 5.80. The fourth-order valence-electron chi connectivity index (χ4n) is 4.34. The van der Waals surface area contributed by atoms with Crippen LogP contribution < -0.4 is 14.8 Å². The summed E-state index contributed by atoms with van der Waals surface area (Å²) < 4.78 is 10.9. The number of nitrogens with one attached hydrogen (secondary N) is 1. The lowest BCUT2D eigenvalue weighted by molar-refractivity contribution is 0.189. The molecule has 1 aromatic carbocycles. The molecule has 0 amide bonds. The van der Waals surface area contributed by atoms with Crippen molar-refractivity contribution in [2.24, 2.45) is 10.9 Å². The summed E-state index contributed by atoms with van der Waals surface area (Å²) in [5.41, 5.74) is 2.63. The average Bonchev–Trinajstić information content (AvgIpc) is 2.76. The first-order valence-electron chi connectivity index (χ1n) is 11.1. The first kappa shape index (κ1) is 21.8. The van der Waals surface area contributed by atoms with Gasteiger partial charge in [-0.3, -0.25) is 4.99 Å². The lowest BCUT2D eigenvalue weighted by Crippen LogP contribution is -2.44. The molecule has 0 aliphatic carbocycles. The Morgan fingerprint density at radius 2 is 1.76 bits per heavy atom. The van der Waals surface area contributed by atoms with E-state index >= 15 is 0 Å². The first-order valence-corrected chi connectivity index (χ1v) is 11.1. The molecule has 0 saturated carbocycles. The van der Waals surface area contributed by atoms with Crippen LogP contribution in [0.2, 0.25) is 0 Å². The lowest BCUT2D eigenvalue weighted by Gasteiger charge is -2.32. The van der Waals surface area contributed by atoms with Gasteiger partial charge >= 0.3 is 0 Å². The van der Waals surface area contributed by atoms with Crippen molar-refractivity contribution in [2.45, 2.75) is 45.6 Å². The highest BCUT2D eigenvalue weighted by atomic mass is 16.5. The van der Waals surface area contributed by atoms with Gasteiger partial charge in [0, 0.05) is 26.7 Å². The largest absolute Gasteiger partial charge is 0.493 e. The predicted octanol–water partition coefficient (Wildman–Crippen LogP) is 3.15. The Labute approximate surface area is 176 Å². The van der Waals surface area contributed by atoms with Crippen LogP contribution in [0.25, 0.3) is 0 Å². The molecule has 1 saturated heterocycles. The van der Waals surface area contributed by atoms with E-state index in [9.17, 15) is 0 Å². The minimum absolute atomic E-state index is 0.795. The number of hydrogen-bond donors (Lipinski definition) is 1. The fraction of sp³-hybridized carbons (Fsp3) is 0.696. The average molecular weight is 403 g/mol. The van der Waals surface area contributed by atoms with E-state index in [1.165, 1.54) is 56.4 Å². The van der Waals surface area contributed by atoms with Crippen LogP contribution in [0, 0.1) is 5.92 Å². The van der Waals surface area contributed by atoms with Crippen molar-refractivity contribution in [1.29, 1.82) is 0 Å². The van der Waals surface area contributed by atoms with Gasteiger partial charge < -0.3 is 24.6 Å². The number of fused-ring (bicyclic) bond motifs is 1. The van der Waals surface area contributed by atoms with Gasteiger partial charge in [-0.1, -0.05) is 6.92 Å². The normalized spacial score (nSPS) is 18.5. The van der Waals surface area contributed by atoms with Crippen molar-refractivity contribution in [2.75, 3.05) is 54.0 Å². The summed E-state index contributed by atoms with van der Waals surface area (Å²) in [7, 11) is 5.26. The number of aliphatic imine (C=N–C) groups is 1. The minimum Gasteiger partial charge on any atom is -0.493 e. The Balaban J connectivity index is 1.45. The molecule has 6 nitrogen and oxygen atoms in total. The lowest BCUT2D eigenvalue weighted by atomic mass is 9.99. The van der Waals surface area contributed by atoms with Gasteiger partial charge in [-0.2, -0.15) is 0 Å². The fourth-order valence-corrected chi connectivity index (χ4v) is 4.34. The molecule has 2 aliphatic rings. The summed E-state index contributed by atoms with van der Waals surface area (Å²) in [6.45, 7) is 8.95. The van der Waals surface area contributed by atoms with Crippen LogP contribution in [-0.4, -0.2) is 69.8 Å². The number of piperidine rings is 1. The molecular weight excluding hydrogens is 364 g/mol. The third-order valence-corrected chi connectivity index (χ3v) is 6.29. The van der Waals surface area contributed by atoms with Crippen molar-refractivity contribution in [3.63, 3.8) is 0 Å². The molecule has 0 unspecified atom stereocenters. The molecule has 1 aromatic rings. The number of likely N-dealkylation sites (tertiary alicyclic amines) is 1. The van der Waals surface area contributed by atoms with Gasteiger partial charge in [-0.05, 0) is 80.9 Å². The number of ether oxygens (including phenoxy) is 2. The molecule has 0 radical (unpaired) electrons. The number of benzene rings is 1. The molecule has 29 heavy (non-hydrogen) atoms. The van der Waals surface area contributed by atoms with Crippen molar-refractivity contribution in [1.82, 2.24) is 15.1 Å². The number of hydrogen-bond acceptors (Lipinski definition) is 4. The number of nitrogens with zero attached hydrogens (tertiary/aromatic N) is 3. The van der Waals surface area contributed by atoms with Crippen LogP contribution in [-0.2, 0) is 13.0 Å². The second kappa shape index (κ2) is 10.7. The Bertz CT molecular complexity index is 684. The second-order valence-electron chi connectivity index (χ2n) is 8.35. The Kier molecular flexibility index (Phi) is 8.04. The Hall–Kier alpha value is -1.95. The third-order valence-electron chi connectivity index (χ3n) is 6.29. The van der Waals surface area contributed by atoms with Crippen LogP contribution in [0.1, 0.15) is 43.7 Å². The van der Waals surface area contributed by atoms with E-state index in [1.54, 1.807) is 14.2 Å². The zero-order valence-electron chi connectivity index (χ0n) is 18.7. The molecule has 1 fully saturated rings. The van der Waals surface area contributed by atoms with E-state index in [0.717, 1.165) is 49.4 Å². The molecule has 0 aromatic heterocycles. The van der Waals surface area contributed by atoms with Gasteiger partial charge in [0.25, 0.3) is 0 Å². The Morgan fingerprint density at radius 3 is 2.41 bits per heavy atom. The molecule has 0 atom stereocenters. The van der Waals surface area contributed by atoms with Crippen LogP contribution in [0.3, 0.4) is 0 Å². The SMILES string of the molecule is CN=C(NCCCCN1CCC(C)CC1)N1CCc2cc(OC)c(OC)cc2C1. The smallest absolute Gasteiger partial charge is 0.193 e.